The number of aryl methyl sites for hydroxylation is 1. The van der Waals surface area contributed by atoms with E-state index in [-0.39, 0.29) is 6.04 Å². The Bertz CT molecular complexity index is 526. The van der Waals surface area contributed by atoms with E-state index in [4.69, 9.17) is 34.8 Å². The summed E-state index contributed by atoms with van der Waals surface area (Å²) in [4.78, 5) is 0. The summed E-state index contributed by atoms with van der Waals surface area (Å²) < 4.78 is 1.71. The zero-order chi connectivity index (χ0) is 13.3. The van der Waals surface area contributed by atoms with Gasteiger partial charge >= 0.3 is 0 Å². The van der Waals surface area contributed by atoms with Crippen LogP contribution in [0.3, 0.4) is 0 Å². The highest BCUT2D eigenvalue weighted by molar-refractivity contribution is 6.36. The summed E-state index contributed by atoms with van der Waals surface area (Å²) in [5.41, 5.74) is 1.63. The van der Waals surface area contributed by atoms with Gasteiger partial charge in [-0.25, -0.2) is 0 Å². The minimum atomic E-state index is -0.203. The van der Waals surface area contributed by atoms with Crippen LogP contribution in [-0.4, -0.2) is 16.8 Å². The minimum absolute atomic E-state index is 0.203. The van der Waals surface area contributed by atoms with Crippen molar-refractivity contribution in [1.29, 1.82) is 0 Å². The molecule has 1 atom stereocenters. The Balaban J connectivity index is 2.59. The molecule has 0 aliphatic heterocycles. The number of rotatable bonds is 3. The van der Waals surface area contributed by atoms with E-state index in [0.717, 1.165) is 11.3 Å². The molecule has 0 aliphatic carbocycles. The predicted octanol–water partition coefficient (Wildman–Crippen LogP) is 3.69. The van der Waals surface area contributed by atoms with Crippen molar-refractivity contribution in [3.63, 3.8) is 0 Å². The maximum absolute atomic E-state index is 6.23. The monoisotopic (exact) mass is 303 g/mol. The summed E-state index contributed by atoms with van der Waals surface area (Å²) in [6, 6.07) is 5.21. The van der Waals surface area contributed by atoms with E-state index in [2.05, 4.69) is 10.4 Å². The number of benzene rings is 1. The molecular formula is C12H12Cl3N3. The van der Waals surface area contributed by atoms with Crippen LogP contribution in [-0.2, 0) is 7.05 Å². The molecule has 2 aromatic rings. The maximum Gasteiger partial charge on any atom is 0.0837 e. The van der Waals surface area contributed by atoms with E-state index in [0.29, 0.717) is 15.1 Å². The third-order valence-electron chi connectivity index (χ3n) is 2.79. The van der Waals surface area contributed by atoms with Crippen LogP contribution in [0.1, 0.15) is 17.3 Å². The lowest BCUT2D eigenvalue weighted by Gasteiger charge is -2.20. The molecule has 0 radical (unpaired) electrons. The summed E-state index contributed by atoms with van der Waals surface area (Å²) in [5.74, 6) is 0. The van der Waals surface area contributed by atoms with Gasteiger partial charge in [0.05, 0.1) is 23.0 Å². The lowest BCUT2D eigenvalue weighted by molar-refractivity contribution is 0.606. The Morgan fingerprint density at radius 3 is 2.22 bits per heavy atom. The van der Waals surface area contributed by atoms with Gasteiger partial charge in [-0.1, -0.05) is 40.9 Å². The van der Waals surface area contributed by atoms with Gasteiger partial charge in [-0.15, -0.1) is 0 Å². The Kier molecular flexibility index (Phi) is 4.17. The first-order valence-corrected chi connectivity index (χ1v) is 6.48. The lowest BCUT2D eigenvalue weighted by Crippen LogP contribution is -2.21. The van der Waals surface area contributed by atoms with Crippen molar-refractivity contribution >= 4 is 34.8 Å². The fourth-order valence-corrected chi connectivity index (χ4v) is 2.84. The first-order chi connectivity index (χ1) is 8.56. The average molecular weight is 305 g/mol. The van der Waals surface area contributed by atoms with Gasteiger partial charge in [0.25, 0.3) is 0 Å². The SMILES string of the molecule is CNC(c1c(Cl)cccc1Cl)c1c(Cl)cnn1C. The number of hydrogen-bond donors (Lipinski definition) is 1. The van der Waals surface area contributed by atoms with Gasteiger partial charge in [-0.3, -0.25) is 4.68 Å². The molecule has 0 bridgehead atoms. The van der Waals surface area contributed by atoms with Crippen molar-refractivity contribution in [3.05, 3.63) is 50.7 Å². The summed E-state index contributed by atoms with van der Waals surface area (Å²) in [7, 11) is 3.66. The smallest absolute Gasteiger partial charge is 0.0837 e. The van der Waals surface area contributed by atoms with Crippen LogP contribution < -0.4 is 5.32 Å². The molecular weight excluding hydrogens is 293 g/mol. The topological polar surface area (TPSA) is 29.9 Å². The molecule has 0 saturated heterocycles. The largest absolute Gasteiger partial charge is 0.308 e. The molecule has 1 heterocycles. The molecule has 0 fully saturated rings. The Morgan fingerprint density at radius 2 is 1.78 bits per heavy atom. The number of hydrogen-bond acceptors (Lipinski definition) is 2. The van der Waals surface area contributed by atoms with Gasteiger partial charge in [0.15, 0.2) is 0 Å². The van der Waals surface area contributed by atoms with Crippen molar-refractivity contribution in [1.82, 2.24) is 15.1 Å². The van der Waals surface area contributed by atoms with Crippen molar-refractivity contribution in [3.8, 4) is 0 Å². The van der Waals surface area contributed by atoms with E-state index in [1.165, 1.54) is 0 Å². The van der Waals surface area contributed by atoms with Gasteiger partial charge in [-0.05, 0) is 19.2 Å². The average Bonchev–Trinajstić information content (AvgIpc) is 2.65. The molecule has 0 spiro atoms. The van der Waals surface area contributed by atoms with Gasteiger partial charge in [0.2, 0.25) is 0 Å². The van der Waals surface area contributed by atoms with E-state index in [1.807, 2.05) is 20.2 Å². The van der Waals surface area contributed by atoms with E-state index >= 15 is 0 Å². The van der Waals surface area contributed by atoms with Gasteiger partial charge in [-0.2, -0.15) is 5.10 Å². The zero-order valence-electron chi connectivity index (χ0n) is 9.92. The van der Waals surface area contributed by atoms with E-state index in [9.17, 15) is 0 Å². The second-order valence-corrected chi connectivity index (χ2v) is 5.08. The summed E-state index contributed by atoms with van der Waals surface area (Å²) in [5, 5.41) is 9.07. The molecule has 2 rings (SSSR count). The van der Waals surface area contributed by atoms with Crippen LogP contribution in [0.25, 0.3) is 0 Å². The van der Waals surface area contributed by atoms with Gasteiger partial charge in [0, 0.05) is 22.7 Å². The fraction of sp³-hybridized carbons (Fsp3) is 0.250. The molecule has 0 aliphatic rings. The first-order valence-electron chi connectivity index (χ1n) is 5.34. The Labute approximate surface area is 121 Å². The van der Waals surface area contributed by atoms with Crippen molar-refractivity contribution in [2.75, 3.05) is 7.05 Å². The second kappa shape index (κ2) is 5.49. The molecule has 1 aromatic carbocycles. The lowest BCUT2D eigenvalue weighted by atomic mass is 10.0. The van der Waals surface area contributed by atoms with Gasteiger partial charge in [0.1, 0.15) is 0 Å². The molecule has 1 aromatic heterocycles. The standard InChI is InChI=1S/C12H12Cl3N3/c1-16-11(12-9(15)6-17-18(12)2)10-7(13)4-3-5-8(10)14/h3-6,11,16H,1-2H3. The molecule has 6 heteroatoms. The normalized spacial score (nSPS) is 12.7. The second-order valence-electron chi connectivity index (χ2n) is 3.86. The van der Waals surface area contributed by atoms with Crippen molar-refractivity contribution in [2.24, 2.45) is 7.05 Å². The fourth-order valence-electron chi connectivity index (χ4n) is 1.95. The summed E-state index contributed by atoms with van der Waals surface area (Å²) >= 11 is 18.6. The van der Waals surface area contributed by atoms with E-state index in [1.54, 1.807) is 23.0 Å². The molecule has 18 heavy (non-hydrogen) atoms. The number of nitrogens with zero attached hydrogens (tertiary/aromatic N) is 2. The minimum Gasteiger partial charge on any atom is -0.308 e. The number of halogens is 3. The maximum atomic E-state index is 6.23. The van der Waals surface area contributed by atoms with Crippen LogP contribution in [0.2, 0.25) is 15.1 Å². The molecule has 1 unspecified atom stereocenters. The summed E-state index contributed by atoms with van der Waals surface area (Å²) in [6.07, 6.45) is 1.60. The van der Waals surface area contributed by atoms with Crippen LogP contribution in [0, 0.1) is 0 Å². The molecule has 0 saturated carbocycles. The van der Waals surface area contributed by atoms with Crippen LogP contribution >= 0.6 is 34.8 Å². The first kappa shape index (κ1) is 13.7. The third kappa shape index (κ3) is 2.36. The van der Waals surface area contributed by atoms with Gasteiger partial charge < -0.3 is 5.32 Å². The van der Waals surface area contributed by atoms with Crippen molar-refractivity contribution in [2.45, 2.75) is 6.04 Å². The highest BCUT2D eigenvalue weighted by Gasteiger charge is 2.23. The Hall–Kier alpha value is -0.740. The van der Waals surface area contributed by atoms with Crippen LogP contribution in [0.5, 0.6) is 0 Å². The zero-order valence-corrected chi connectivity index (χ0v) is 12.2. The molecule has 96 valence electrons. The third-order valence-corrected chi connectivity index (χ3v) is 3.74. The Morgan fingerprint density at radius 1 is 1.17 bits per heavy atom. The van der Waals surface area contributed by atoms with Crippen LogP contribution in [0.15, 0.2) is 24.4 Å². The highest BCUT2D eigenvalue weighted by Crippen LogP contribution is 2.36. The molecule has 0 amide bonds. The molecule has 1 N–H and O–H groups in total. The quantitative estimate of drug-likeness (QED) is 0.937. The number of nitrogens with one attached hydrogen (secondary N) is 1. The molecule has 3 nitrogen and oxygen atoms in total. The predicted molar refractivity (Wildman–Crippen MR) is 75.6 cm³/mol. The summed E-state index contributed by atoms with van der Waals surface area (Å²) in [6.45, 7) is 0. The van der Waals surface area contributed by atoms with Crippen molar-refractivity contribution < 1.29 is 0 Å². The van der Waals surface area contributed by atoms with Crippen LogP contribution in [0.4, 0.5) is 0 Å². The van der Waals surface area contributed by atoms with E-state index < -0.39 is 0 Å². The number of aromatic nitrogens is 2. The highest BCUT2D eigenvalue weighted by atomic mass is 35.5.